The van der Waals surface area contributed by atoms with Crippen molar-refractivity contribution < 1.29 is 27.5 Å². The summed E-state index contributed by atoms with van der Waals surface area (Å²) in [6.45, 7) is -0.229. The summed E-state index contributed by atoms with van der Waals surface area (Å²) in [5, 5.41) is 4.67. The molecular formula is C17H15ClN4O6S3. The third-order valence-corrected chi connectivity index (χ3v) is 7.11. The average molecular weight is 503 g/mol. The summed E-state index contributed by atoms with van der Waals surface area (Å²) < 4.78 is 31.2. The predicted octanol–water partition coefficient (Wildman–Crippen LogP) is 1.47. The van der Waals surface area contributed by atoms with E-state index in [0.717, 1.165) is 22.7 Å². The largest absolute Gasteiger partial charge is 0.468 e. The van der Waals surface area contributed by atoms with Gasteiger partial charge in [-0.25, -0.2) is 13.4 Å². The minimum absolute atomic E-state index is 0.107. The van der Waals surface area contributed by atoms with Crippen molar-refractivity contribution in [2.75, 3.05) is 23.9 Å². The van der Waals surface area contributed by atoms with Gasteiger partial charge in [0.25, 0.3) is 5.91 Å². The molecule has 0 aliphatic rings. The number of hydrogen-bond acceptors (Lipinski definition) is 9. The monoisotopic (exact) mass is 502 g/mol. The van der Waals surface area contributed by atoms with Crippen LogP contribution in [0.4, 0.5) is 5.13 Å². The second-order valence-electron chi connectivity index (χ2n) is 6.08. The summed E-state index contributed by atoms with van der Waals surface area (Å²) in [6, 6.07) is 4.90. The molecule has 0 radical (unpaired) electrons. The van der Waals surface area contributed by atoms with Gasteiger partial charge in [-0.1, -0.05) is 22.9 Å². The third kappa shape index (κ3) is 6.19. The van der Waals surface area contributed by atoms with Crippen LogP contribution in [-0.2, 0) is 35.5 Å². The van der Waals surface area contributed by atoms with Gasteiger partial charge in [0.1, 0.15) is 18.1 Å². The quantitative estimate of drug-likeness (QED) is 0.483. The molecule has 0 bridgehead atoms. The lowest BCUT2D eigenvalue weighted by atomic mass is 10.3. The van der Waals surface area contributed by atoms with Crippen LogP contribution in [0, 0.1) is 0 Å². The first-order valence-corrected chi connectivity index (χ1v) is 12.4. The van der Waals surface area contributed by atoms with E-state index in [9.17, 15) is 22.8 Å². The summed E-state index contributed by atoms with van der Waals surface area (Å²) in [5.41, 5.74) is 0.581. The number of amides is 2. The molecule has 2 amide bonds. The molecule has 10 nitrogen and oxygen atoms in total. The van der Waals surface area contributed by atoms with E-state index < -0.39 is 39.1 Å². The highest BCUT2D eigenvalue weighted by molar-refractivity contribution is 7.92. The SMILES string of the molecule is COC(=O)Cn1c(=NC(=O)CS(=O)(=O)CC(=O)Nc2nccs2)sc2cc(Cl)ccc21. The van der Waals surface area contributed by atoms with E-state index in [1.807, 2.05) is 0 Å². The number of nitrogens with zero attached hydrogens (tertiary/aromatic N) is 3. The van der Waals surface area contributed by atoms with E-state index in [2.05, 4.69) is 20.0 Å². The lowest BCUT2D eigenvalue weighted by Crippen LogP contribution is -2.28. The molecular weight excluding hydrogens is 488 g/mol. The summed E-state index contributed by atoms with van der Waals surface area (Å²) in [6.07, 6.45) is 1.46. The van der Waals surface area contributed by atoms with Crippen LogP contribution < -0.4 is 10.1 Å². The van der Waals surface area contributed by atoms with Crippen LogP contribution in [0.15, 0.2) is 34.8 Å². The van der Waals surface area contributed by atoms with E-state index >= 15 is 0 Å². The highest BCUT2D eigenvalue weighted by Crippen LogP contribution is 2.22. The van der Waals surface area contributed by atoms with E-state index in [0.29, 0.717) is 15.2 Å². The molecule has 0 unspecified atom stereocenters. The molecule has 14 heteroatoms. The molecule has 2 aromatic heterocycles. The van der Waals surface area contributed by atoms with Gasteiger partial charge in [0.2, 0.25) is 5.91 Å². The zero-order valence-corrected chi connectivity index (χ0v) is 19.1. The van der Waals surface area contributed by atoms with Crippen LogP contribution >= 0.6 is 34.3 Å². The maximum Gasteiger partial charge on any atom is 0.325 e. The van der Waals surface area contributed by atoms with Crippen molar-refractivity contribution in [2.45, 2.75) is 6.54 Å². The van der Waals surface area contributed by atoms with Crippen LogP contribution in [0.1, 0.15) is 0 Å². The second-order valence-corrected chi connectivity index (χ2v) is 10.5. The zero-order valence-electron chi connectivity index (χ0n) is 15.9. The van der Waals surface area contributed by atoms with Crippen molar-refractivity contribution in [3.05, 3.63) is 39.6 Å². The first-order chi connectivity index (χ1) is 14.7. The number of rotatable bonds is 7. The number of ether oxygens (including phenoxy) is 1. The van der Waals surface area contributed by atoms with Crippen molar-refractivity contribution in [3.63, 3.8) is 0 Å². The predicted molar refractivity (Wildman–Crippen MR) is 117 cm³/mol. The highest BCUT2D eigenvalue weighted by atomic mass is 35.5. The molecule has 3 rings (SSSR count). The molecule has 0 aliphatic carbocycles. The maximum absolute atomic E-state index is 12.3. The van der Waals surface area contributed by atoms with Gasteiger partial charge in [-0.3, -0.25) is 14.4 Å². The van der Waals surface area contributed by atoms with Crippen LogP contribution in [0.2, 0.25) is 5.02 Å². The number of fused-ring (bicyclic) bond motifs is 1. The van der Waals surface area contributed by atoms with Gasteiger partial charge in [0, 0.05) is 16.6 Å². The van der Waals surface area contributed by atoms with Crippen LogP contribution in [0.3, 0.4) is 0 Å². The second kappa shape index (κ2) is 9.68. The Kier molecular flexibility index (Phi) is 7.20. The molecule has 0 saturated heterocycles. The number of nitrogens with one attached hydrogen (secondary N) is 1. The highest BCUT2D eigenvalue weighted by Gasteiger charge is 2.22. The Hall–Kier alpha value is -2.61. The number of benzene rings is 1. The number of sulfone groups is 1. The number of methoxy groups -OCH3 is 1. The van der Waals surface area contributed by atoms with Crippen LogP contribution in [0.5, 0.6) is 0 Å². The van der Waals surface area contributed by atoms with Crippen LogP contribution in [-0.4, -0.2) is 54.4 Å². The molecule has 1 N–H and O–H groups in total. The zero-order chi connectivity index (χ0) is 22.6. The van der Waals surface area contributed by atoms with Gasteiger partial charge in [-0.15, -0.1) is 11.3 Å². The Morgan fingerprint density at radius 1 is 1.29 bits per heavy atom. The maximum atomic E-state index is 12.3. The molecule has 31 heavy (non-hydrogen) atoms. The third-order valence-electron chi connectivity index (χ3n) is 3.75. The Labute approximate surface area is 189 Å². The normalized spacial score (nSPS) is 12.1. The van der Waals surface area contributed by atoms with Gasteiger partial charge in [0.15, 0.2) is 19.8 Å². The number of halogens is 1. The smallest absolute Gasteiger partial charge is 0.325 e. The Morgan fingerprint density at radius 3 is 2.74 bits per heavy atom. The van der Waals surface area contributed by atoms with E-state index in [1.54, 1.807) is 23.6 Å². The Bertz CT molecular complexity index is 1310. The molecule has 164 valence electrons. The van der Waals surface area contributed by atoms with E-state index in [4.69, 9.17) is 11.6 Å². The van der Waals surface area contributed by atoms with Crippen molar-refractivity contribution >= 4 is 77.2 Å². The minimum Gasteiger partial charge on any atom is -0.468 e. The minimum atomic E-state index is -4.08. The fraction of sp³-hybridized carbons (Fsp3) is 0.235. The van der Waals surface area contributed by atoms with Gasteiger partial charge < -0.3 is 14.6 Å². The lowest BCUT2D eigenvalue weighted by Gasteiger charge is -2.04. The molecule has 0 spiro atoms. The van der Waals surface area contributed by atoms with Crippen molar-refractivity contribution in [2.24, 2.45) is 4.99 Å². The molecule has 0 saturated carbocycles. The summed E-state index contributed by atoms with van der Waals surface area (Å²) in [4.78, 5) is 43.8. The van der Waals surface area contributed by atoms with Gasteiger partial charge >= 0.3 is 5.97 Å². The number of aromatic nitrogens is 2. The standard InChI is InChI=1S/C17H15ClN4O6S3/c1-28-15(25)7-22-11-3-2-10(18)6-12(11)30-17(22)21-14(24)9-31(26,27)8-13(23)20-16-19-4-5-29-16/h2-6H,7-9H2,1H3,(H,19,20,23). The molecule has 2 heterocycles. The summed E-state index contributed by atoms with van der Waals surface area (Å²) in [5.74, 6) is -4.21. The first kappa shape index (κ1) is 23.1. The van der Waals surface area contributed by atoms with Gasteiger partial charge in [0.05, 0.1) is 17.3 Å². The van der Waals surface area contributed by atoms with Gasteiger partial charge in [-0.05, 0) is 18.2 Å². The number of carbonyl (C=O) groups excluding carboxylic acids is 3. The van der Waals surface area contributed by atoms with E-state index in [-0.39, 0.29) is 16.5 Å². The first-order valence-electron chi connectivity index (χ1n) is 8.50. The Balaban J connectivity index is 1.83. The number of anilines is 1. The van der Waals surface area contributed by atoms with Crippen molar-refractivity contribution in [3.8, 4) is 0 Å². The fourth-order valence-electron chi connectivity index (χ4n) is 2.50. The fourth-order valence-corrected chi connectivity index (χ4v) is 5.38. The number of hydrogen-bond donors (Lipinski definition) is 1. The molecule has 3 aromatic rings. The molecule has 0 atom stereocenters. The van der Waals surface area contributed by atoms with Crippen molar-refractivity contribution in [1.82, 2.24) is 9.55 Å². The van der Waals surface area contributed by atoms with E-state index in [1.165, 1.54) is 17.9 Å². The molecule has 0 fully saturated rings. The number of carbonyl (C=O) groups is 3. The lowest BCUT2D eigenvalue weighted by molar-refractivity contribution is -0.141. The summed E-state index contributed by atoms with van der Waals surface area (Å²) >= 11 is 8.19. The topological polar surface area (TPSA) is 137 Å². The van der Waals surface area contributed by atoms with Crippen LogP contribution in [0.25, 0.3) is 10.2 Å². The van der Waals surface area contributed by atoms with Gasteiger partial charge in [-0.2, -0.15) is 4.99 Å². The molecule has 0 aliphatic heterocycles. The average Bonchev–Trinajstić information content (AvgIpc) is 3.28. The summed E-state index contributed by atoms with van der Waals surface area (Å²) in [7, 11) is -2.85. The number of esters is 1. The Morgan fingerprint density at radius 2 is 2.06 bits per heavy atom. The number of thiazole rings is 2. The molecule has 1 aromatic carbocycles. The van der Waals surface area contributed by atoms with Crippen molar-refractivity contribution in [1.29, 1.82) is 0 Å².